The number of hydrazone groups is 1. The van der Waals surface area contributed by atoms with E-state index in [4.69, 9.17) is 16.4 Å². The van der Waals surface area contributed by atoms with E-state index in [0.29, 0.717) is 18.8 Å². The predicted molar refractivity (Wildman–Crippen MR) is 133 cm³/mol. The summed E-state index contributed by atoms with van der Waals surface area (Å²) in [6.45, 7) is 3.47. The monoisotopic (exact) mass is 482 g/mol. The summed E-state index contributed by atoms with van der Waals surface area (Å²) in [5.74, 6) is 9.60. The molecule has 9 heteroatoms. The third kappa shape index (κ3) is 4.23. The molecule has 3 aromatic rings. The fraction of sp³-hybridized carbons (Fsp3) is 0.423. The lowest BCUT2D eigenvalue weighted by atomic mass is 9.59. The highest BCUT2D eigenvalue weighted by Gasteiger charge is 2.58. The van der Waals surface area contributed by atoms with Crippen LogP contribution in [0.1, 0.15) is 54.0 Å². The highest BCUT2D eigenvalue weighted by atomic mass is 19.3. The Bertz CT molecular complexity index is 1240. The molecule has 1 saturated carbocycles. The van der Waals surface area contributed by atoms with E-state index in [9.17, 15) is 8.78 Å². The number of aryl methyl sites for hydroxylation is 1. The minimum Gasteiger partial charge on any atom is -0.496 e. The van der Waals surface area contributed by atoms with E-state index in [1.54, 1.807) is 7.11 Å². The van der Waals surface area contributed by atoms with Crippen molar-refractivity contribution in [2.75, 3.05) is 13.7 Å². The van der Waals surface area contributed by atoms with Crippen LogP contribution in [0.2, 0.25) is 0 Å². The van der Waals surface area contributed by atoms with Crippen LogP contribution in [0.5, 0.6) is 5.75 Å². The number of piperidine rings is 1. The molecule has 186 valence electrons. The molecule has 6 N–H and O–H groups in total. The number of hydrazine groups is 1. The molecule has 1 aromatic heterocycles. The number of hydrogen-bond donors (Lipinski definition) is 4. The number of nitrogens with one attached hydrogen (secondary N) is 2. The van der Waals surface area contributed by atoms with Gasteiger partial charge < -0.3 is 21.0 Å². The van der Waals surface area contributed by atoms with Gasteiger partial charge in [0.05, 0.1) is 7.11 Å². The minimum atomic E-state index is -2.55. The number of hydrogen-bond acceptors (Lipinski definition) is 5. The van der Waals surface area contributed by atoms with Crippen LogP contribution in [0.15, 0.2) is 47.7 Å². The zero-order valence-corrected chi connectivity index (χ0v) is 20.1. The van der Waals surface area contributed by atoms with E-state index in [2.05, 4.69) is 39.5 Å². The molecule has 0 unspecified atom stereocenters. The molecule has 2 fully saturated rings. The average molecular weight is 483 g/mol. The number of fused-ring (bicyclic) bond motifs is 1. The molecule has 1 aliphatic heterocycles. The molecule has 1 saturated heterocycles. The van der Waals surface area contributed by atoms with Crippen molar-refractivity contribution in [3.63, 3.8) is 0 Å². The number of likely N-dealkylation sites (tertiary alicyclic amines) is 1. The third-order valence-electron chi connectivity index (χ3n) is 7.79. The maximum absolute atomic E-state index is 14.0. The van der Waals surface area contributed by atoms with E-state index in [0.717, 1.165) is 51.9 Å². The average Bonchev–Trinajstić information content (AvgIpc) is 3.32. The Balaban J connectivity index is 1.50. The molecule has 7 nitrogen and oxygen atoms in total. The van der Waals surface area contributed by atoms with Crippen LogP contribution in [0, 0.1) is 12.3 Å². The van der Waals surface area contributed by atoms with Crippen LogP contribution in [0.25, 0.3) is 10.9 Å². The Hall–Kier alpha value is -3.17. The van der Waals surface area contributed by atoms with Crippen LogP contribution < -0.4 is 21.8 Å². The van der Waals surface area contributed by atoms with Crippen LogP contribution in [0.3, 0.4) is 0 Å². The highest BCUT2D eigenvalue weighted by Crippen LogP contribution is 2.60. The van der Waals surface area contributed by atoms with E-state index in [-0.39, 0.29) is 24.3 Å². The Morgan fingerprint density at radius 3 is 2.63 bits per heavy atom. The first-order valence-corrected chi connectivity index (χ1v) is 11.9. The zero-order chi connectivity index (χ0) is 24.8. The molecular formula is C26H32F2N6O. The van der Waals surface area contributed by atoms with Gasteiger partial charge in [-0.25, -0.2) is 14.6 Å². The Morgan fingerprint density at radius 1 is 1.26 bits per heavy atom. The number of amidine groups is 1. The number of halogens is 2. The standard InChI is InChI=1S/C26H32F2N6O/c1-16-11-22(35-2)20(19-7-9-31-23(16)19)13-34-10-8-25(14-26(27,28)15-25)12-21(34)17-3-5-18(6-4-17)24(32-29)33-30/h3-7,9,11,21,31H,8,10,12-15,29-30H2,1-2H3,(H,32,33)/t21-/m0/s1. The fourth-order valence-corrected chi connectivity index (χ4v) is 6.10. The van der Waals surface area contributed by atoms with Crippen LogP contribution in [-0.4, -0.2) is 35.3 Å². The zero-order valence-electron chi connectivity index (χ0n) is 20.1. The number of ether oxygens (including phenoxy) is 1. The van der Waals surface area contributed by atoms with Gasteiger partial charge in [0.1, 0.15) is 5.75 Å². The van der Waals surface area contributed by atoms with Crippen molar-refractivity contribution in [3.05, 3.63) is 64.8 Å². The number of nitrogens with zero attached hydrogens (tertiary/aromatic N) is 2. The van der Waals surface area contributed by atoms with Crippen LogP contribution in [0.4, 0.5) is 8.78 Å². The lowest BCUT2D eigenvalue weighted by Gasteiger charge is -2.54. The number of methoxy groups -OCH3 is 1. The SMILES string of the molecule is COc1cc(C)c2[nH]ccc2c1CN1CCC2(C[C@H]1c1ccc(/C(=N/N)NN)cc1)CC(F)(F)C2. The first-order valence-electron chi connectivity index (χ1n) is 11.9. The number of nitrogens with two attached hydrogens (primary N) is 2. The lowest BCUT2D eigenvalue weighted by Crippen LogP contribution is -2.53. The molecule has 2 heterocycles. The number of benzene rings is 2. The Labute approximate surface area is 203 Å². The molecule has 0 radical (unpaired) electrons. The van der Waals surface area contributed by atoms with Crippen molar-refractivity contribution in [2.24, 2.45) is 22.2 Å². The number of aromatic amines is 1. The largest absolute Gasteiger partial charge is 0.496 e. The fourth-order valence-electron chi connectivity index (χ4n) is 6.10. The summed E-state index contributed by atoms with van der Waals surface area (Å²) < 4.78 is 33.7. The summed E-state index contributed by atoms with van der Waals surface area (Å²) in [6.07, 6.45) is 3.35. The number of rotatable bonds is 5. The normalized spacial score (nSPS) is 21.7. The maximum atomic E-state index is 14.0. The van der Waals surface area contributed by atoms with Gasteiger partial charge in [0.25, 0.3) is 0 Å². The van der Waals surface area contributed by atoms with Gasteiger partial charge in [0, 0.05) is 53.7 Å². The molecule has 1 spiro atoms. The summed E-state index contributed by atoms with van der Waals surface area (Å²) in [5.41, 5.74) is 7.35. The molecule has 0 bridgehead atoms. The summed E-state index contributed by atoms with van der Waals surface area (Å²) in [5, 5.41) is 4.80. The van der Waals surface area contributed by atoms with Crippen molar-refractivity contribution in [1.29, 1.82) is 0 Å². The van der Waals surface area contributed by atoms with E-state index < -0.39 is 5.92 Å². The first-order chi connectivity index (χ1) is 16.8. The first kappa shape index (κ1) is 23.6. The molecule has 1 aliphatic carbocycles. The van der Waals surface area contributed by atoms with Gasteiger partial charge in [-0.1, -0.05) is 24.3 Å². The number of alkyl halides is 2. The predicted octanol–water partition coefficient (Wildman–Crippen LogP) is 4.32. The summed E-state index contributed by atoms with van der Waals surface area (Å²) >= 11 is 0. The summed E-state index contributed by atoms with van der Waals surface area (Å²) in [4.78, 5) is 5.73. The van der Waals surface area contributed by atoms with Gasteiger partial charge in [-0.15, -0.1) is 0 Å². The van der Waals surface area contributed by atoms with Gasteiger partial charge in [0.2, 0.25) is 5.92 Å². The highest BCUT2D eigenvalue weighted by molar-refractivity contribution is 5.98. The molecule has 0 amide bonds. The van der Waals surface area contributed by atoms with Crippen LogP contribution >= 0.6 is 0 Å². The summed E-state index contributed by atoms with van der Waals surface area (Å²) in [7, 11) is 1.69. The molecule has 2 aromatic carbocycles. The number of H-pyrrole nitrogens is 1. The molecule has 1 atom stereocenters. The van der Waals surface area contributed by atoms with Gasteiger partial charge in [-0.2, -0.15) is 5.10 Å². The van der Waals surface area contributed by atoms with Crippen molar-refractivity contribution >= 4 is 16.7 Å². The van der Waals surface area contributed by atoms with Crippen molar-refractivity contribution in [2.45, 2.75) is 51.1 Å². The van der Waals surface area contributed by atoms with E-state index in [1.165, 1.54) is 0 Å². The quantitative estimate of drug-likeness (QED) is 0.188. The maximum Gasteiger partial charge on any atom is 0.249 e. The Kier molecular flexibility index (Phi) is 5.93. The minimum absolute atomic E-state index is 0.00185. The molecular weight excluding hydrogens is 450 g/mol. The van der Waals surface area contributed by atoms with Gasteiger partial charge in [-0.05, 0) is 55.0 Å². The lowest BCUT2D eigenvalue weighted by molar-refractivity contribution is -0.186. The van der Waals surface area contributed by atoms with Crippen molar-refractivity contribution in [3.8, 4) is 5.75 Å². The van der Waals surface area contributed by atoms with Crippen molar-refractivity contribution in [1.82, 2.24) is 15.3 Å². The Morgan fingerprint density at radius 2 is 2.00 bits per heavy atom. The smallest absolute Gasteiger partial charge is 0.249 e. The number of aromatic nitrogens is 1. The van der Waals surface area contributed by atoms with E-state index >= 15 is 0 Å². The van der Waals surface area contributed by atoms with Gasteiger partial charge >= 0.3 is 0 Å². The van der Waals surface area contributed by atoms with E-state index in [1.807, 2.05) is 30.5 Å². The second-order valence-corrected chi connectivity index (χ2v) is 10.0. The molecule has 2 aliphatic rings. The molecule has 5 rings (SSSR count). The second-order valence-electron chi connectivity index (χ2n) is 10.0. The van der Waals surface area contributed by atoms with Crippen molar-refractivity contribution < 1.29 is 13.5 Å². The second kappa shape index (κ2) is 8.80. The topological polar surface area (TPSA) is 105 Å². The van der Waals surface area contributed by atoms with Crippen LogP contribution in [-0.2, 0) is 6.54 Å². The third-order valence-corrected chi connectivity index (χ3v) is 7.79. The summed E-state index contributed by atoms with van der Waals surface area (Å²) in [6, 6.07) is 12.0. The van der Waals surface area contributed by atoms with Gasteiger partial charge in [-0.3, -0.25) is 4.90 Å². The van der Waals surface area contributed by atoms with Gasteiger partial charge in [0.15, 0.2) is 5.84 Å². The molecule has 35 heavy (non-hydrogen) atoms.